The van der Waals surface area contributed by atoms with Gasteiger partial charge in [-0.1, -0.05) is 19.1 Å². The highest BCUT2D eigenvalue weighted by Crippen LogP contribution is 2.24. The molecule has 0 aliphatic carbocycles. The summed E-state index contributed by atoms with van der Waals surface area (Å²) in [5.41, 5.74) is 0.292. The largest absolute Gasteiger partial charge is 0.507 e. The summed E-state index contributed by atoms with van der Waals surface area (Å²) in [5, 5.41) is 18.2. The van der Waals surface area contributed by atoms with Crippen LogP contribution < -0.4 is 4.74 Å². The zero-order chi connectivity index (χ0) is 13.5. The van der Waals surface area contributed by atoms with Crippen LogP contribution in [0.1, 0.15) is 18.9 Å². The molecule has 1 aromatic rings. The maximum atomic E-state index is 11.0. The van der Waals surface area contributed by atoms with Gasteiger partial charge in [-0.15, -0.1) is 0 Å². The average molecular weight is 250 g/mol. The van der Waals surface area contributed by atoms with Crippen molar-refractivity contribution in [1.29, 1.82) is 0 Å². The lowest BCUT2D eigenvalue weighted by Crippen LogP contribution is -2.09. The number of ketones is 1. The highest BCUT2D eigenvalue weighted by atomic mass is 16.5. The molecule has 2 N–H and O–H groups in total. The molecule has 0 amide bonds. The van der Waals surface area contributed by atoms with Crippen molar-refractivity contribution in [3.05, 3.63) is 35.9 Å². The maximum absolute atomic E-state index is 11.0. The first-order valence-electron chi connectivity index (χ1n) is 5.46. The van der Waals surface area contributed by atoms with Crippen LogP contribution in [0.2, 0.25) is 0 Å². The van der Waals surface area contributed by atoms with E-state index in [1.165, 1.54) is 0 Å². The molecular formula is C13H14O5. The van der Waals surface area contributed by atoms with Crippen LogP contribution in [0.15, 0.2) is 30.3 Å². The Morgan fingerprint density at radius 1 is 1.28 bits per heavy atom. The SMILES string of the molecule is CCCOc1ccccc1C(O)=CC(=O)C(=O)O. The summed E-state index contributed by atoms with van der Waals surface area (Å²) in [7, 11) is 0. The van der Waals surface area contributed by atoms with E-state index in [1.54, 1.807) is 24.3 Å². The number of para-hydroxylation sites is 1. The second kappa shape index (κ2) is 6.44. The predicted octanol–water partition coefficient (Wildman–Crippen LogP) is 2.03. The van der Waals surface area contributed by atoms with Crippen molar-refractivity contribution in [2.45, 2.75) is 13.3 Å². The van der Waals surface area contributed by atoms with E-state index in [1.807, 2.05) is 6.92 Å². The summed E-state index contributed by atoms with van der Waals surface area (Å²) in [6.45, 7) is 2.41. The molecule has 0 bridgehead atoms. The second-order valence-electron chi connectivity index (χ2n) is 3.54. The molecule has 1 rings (SSSR count). The van der Waals surface area contributed by atoms with Gasteiger partial charge in [-0.2, -0.15) is 0 Å². The van der Waals surface area contributed by atoms with E-state index >= 15 is 0 Å². The third-order valence-electron chi connectivity index (χ3n) is 2.10. The van der Waals surface area contributed by atoms with Crippen molar-refractivity contribution in [1.82, 2.24) is 0 Å². The first-order chi connectivity index (χ1) is 8.56. The van der Waals surface area contributed by atoms with E-state index in [0.717, 1.165) is 6.42 Å². The highest BCUT2D eigenvalue weighted by Gasteiger charge is 2.13. The number of carboxylic acids is 1. The van der Waals surface area contributed by atoms with E-state index in [-0.39, 0.29) is 0 Å². The molecule has 0 spiro atoms. The molecule has 1 aromatic carbocycles. The molecular weight excluding hydrogens is 236 g/mol. The van der Waals surface area contributed by atoms with Crippen molar-refractivity contribution in [3.63, 3.8) is 0 Å². The molecule has 5 heteroatoms. The van der Waals surface area contributed by atoms with Gasteiger partial charge in [0.25, 0.3) is 5.78 Å². The Labute approximate surface area is 104 Å². The average Bonchev–Trinajstić information content (AvgIpc) is 2.36. The molecule has 0 radical (unpaired) electrons. The summed E-state index contributed by atoms with van der Waals surface area (Å²) in [5.74, 6) is -2.81. The first-order valence-corrected chi connectivity index (χ1v) is 5.46. The monoisotopic (exact) mass is 250 g/mol. The number of carboxylic acid groups (broad SMARTS) is 1. The van der Waals surface area contributed by atoms with Crippen LogP contribution >= 0.6 is 0 Å². The molecule has 0 atom stereocenters. The Hall–Kier alpha value is -2.30. The van der Waals surface area contributed by atoms with E-state index in [0.29, 0.717) is 24.0 Å². The lowest BCUT2D eigenvalue weighted by molar-refractivity contribution is -0.146. The molecule has 0 heterocycles. The van der Waals surface area contributed by atoms with E-state index in [4.69, 9.17) is 9.84 Å². The van der Waals surface area contributed by atoms with E-state index < -0.39 is 17.5 Å². The molecule has 18 heavy (non-hydrogen) atoms. The number of carbonyl (C=O) groups excluding carboxylic acids is 1. The second-order valence-corrected chi connectivity index (χ2v) is 3.54. The Morgan fingerprint density at radius 3 is 2.56 bits per heavy atom. The summed E-state index contributed by atoms with van der Waals surface area (Å²) in [4.78, 5) is 21.4. The molecule has 0 fully saturated rings. The van der Waals surface area contributed by atoms with Crippen LogP contribution in [-0.2, 0) is 9.59 Å². The Morgan fingerprint density at radius 2 is 1.94 bits per heavy atom. The molecule has 0 saturated heterocycles. The fourth-order valence-electron chi connectivity index (χ4n) is 1.28. The van der Waals surface area contributed by atoms with Gasteiger partial charge in [0.1, 0.15) is 11.5 Å². The minimum absolute atomic E-state index is 0.292. The van der Waals surface area contributed by atoms with E-state index in [9.17, 15) is 14.7 Å². The van der Waals surface area contributed by atoms with Crippen LogP contribution in [0.3, 0.4) is 0 Å². The summed E-state index contributed by atoms with van der Waals surface area (Å²) in [6.07, 6.45) is 1.46. The number of carbonyl (C=O) groups is 2. The van der Waals surface area contributed by atoms with Gasteiger partial charge in [0.05, 0.1) is 12.2 Å². The van der Waals surface area contributed by atoms with Gasteiger partial charge in [0, 0.05) is 6.08 Å². The quantitative estimate of drug-likeness (QED) is 0.458. The fourth-order valence-corrected chi connectivity index (χ4v) is 1.28. The standard InChI is InChI=1S/C13H14O5/c1-2-7-18-12-6-4-3-5-9(12)10(14)8-11(15)13(16)17/h3-6,8,14H,2,7H2,1H3,(H,16,17). The maximum Gasteiger partial charge on any atom is 0.376 e. The van der Waals surface area contributed by atoms with Gasteiger partial charge in [0.15, 0.2) is 0 Å². The van der Waals surface area contributed by atoms with Crippen LogP contribution in [0.5, 0.6) is 5.75 Å². The smallest absolute Gasteiger partial charge is 0.376 e. The van der Waals surface area contributed by atoms with Gasteiger partial charge >= 0.3 is 5.97 Å². The number of aliphatic hydroxyl groups is 1. The van der Waals surface area contributed by atoms with Crippen LogP contribution in [0.4, 0.5) is 0 Å². The van der Waals surface area contributed by atoms with Crippen molar-refractivity contribution in [3.8, 4) is 5.75 Å². The molecule has 0 aromatic heterocycles. The normalized spacial score (nSPS) is 11.1. The number of hydrogen-bond acceptors (Lipinski definition) is 4. The minimum atomic E-state index is -1.62. The Bertz CT molecular complexity index is 476. The van der Waals surface area contributed by atoms with Crippen LogP contribution in [-0.4, -0.2) is 28.6 Å². The number of aliphatic carboxylic acids is 1. The summed E-state index contributed by atoms with van der Waals surface area (Å²) >= 11 is 0. The molecule has 96 valence electrons. The third kappa shape index (κ3) is 3.62. The summed E-state index contributed by atoms with van der Waals surface area (Å²) < 4.78 is 5.39. The fraction of sp³-hybridized carbons (Fsp3) is 0.231. The zero-order valence-electron chi connectivity index (χ0n) is 9.92. The molecule has 0 saturated carbocycles. The summed E-state index contributed by atoms with van der Waals surface area (Å²) in [6, 6.07) is 6.57. The number of aliphatic hydroxyl groups excluding tert-OH is 1. The molecule has 5 nitrogen and oxygen atoms in total. The molecule has 0 aliphatic heterocycles. The van der Waals surface area contributed by atoms with Gasteiger partial charge in [0.2, 0.25) is 0 Å². The minimum Gasteiger partial charge on any atom is -0.507 e. The molecule has 0 unspecified atom stereocenters. The number of hydrogen-bond donors (Lipinski definition) is 2. The number of benzene rings is 1. The van der Waals surface area contributed by atoms with Crippen molar-refractivity contribution in [2.24, 2.45) is 0 Å². The van der Waals surface area contributed by atoms with Crippen LogP contribution in [0, 0.1) is 0 Å². The van der Waals surface area contributed by atoms with E-state index in [2.05, 4.69) is 0 Å². The van der Waals surface area contributed by atoms with Crippen LogP contribution in [0.25, 0.3) is 5.76 Å². The van der Waals surface area contributed by atoms with Gasteiger partial charge in [-0.25, -0.2) is 4.79 Å². The topological polar surface area (TPSA) is 83.8 Å². The number of ether oxygens (including phenoxy) is 1. The highest BCUT2D eigenvalue weighted by molar-refractivity contribution is 6.38. The van der Waals surface area contributed by atoms with Gasteiger partial charge < -0.3 is 14.9 Å². The lowest BCUT2D eigenvalue weighted by atomic mass is 10.1. The predicted molar refractivity (Wildman–Crippen MR) is 65.5 cm³/mol. The van der Waals surface area contributed by atoms with Crippen molar-refractivity contribution in [2.75, 3.05) is 6.61 Å². The number of rotatable bonds is 6. The first kappa shape index (κ1) is 13.8. The van der Waals surface area contributed by atoms with Crippen molar-refractivity contribution < 1.29 is 24.5 Å². The Kier molecular flexibility index (Phi) is 4.92. The third-order valence-corrected chi connectivity index (χ3v) is 2.10. The van der Waals surface area contributed by atoms with Crippen molar-refractivity contribution >= 4 is 17.5 Å². The van der Waals surface area contributed by atoms with Gasteiger partial charge in [-0.3, -0.25) is 4.79 Å². The zero-order valence-corrected chi connectivity index (χ0v) is 9.92. The Balaban J connectivity index is 3.01. The van der Waals surface area contributed by atoms with Gasteiger partial charge in [-0.05, 0) is 18.6 Å². The molecule has 0 aliphatic rings. The lowest BCUT2D eigenvalue weighted by Gasteiger charge is -2.09.